The number of piperazine rings is 1. The summed E-state index contributed by atoms with van der Waals surface area (Å²) in [6, 6.07) is -0.450. The predicted octanol–water partition coefficient (Wildman–Crippen LogP) is 0.771. The van der Waals surface area contributed by atoms with E-state index in [4.69, 9.17) is 6.42 Å². The van der Waals surface area contributed by atoms with Crippen molar-refractivity contribution in [1.29, 1.82) is 0 Å². The Morgan fingerprint density at radius 1 is 1.59 bits per heavy atom. The van der Waals surface area contributed by atoms with E-state index in [0.29, 0.717) is 0 Å². The van der Waals surface area contributed by atoms with E-state index in [1.807, 2.05) is 13.8 Å². The Morgan fingerprint density at radius 3 is 2.65 bits per heavy atom. The maximum atomic E-state index is 12.3. The van der Waals surface area contributed by atoms with Crippen molar-refractivity contribution in [3.8, 4) is 12.3 Å². The smallest absolute Gasteiger partial charge is 0.247 e. The van der Waals surface area contributed by atoms with Crippen molar-refractivity contribution in [2.45, 2.75) is 45.7 Å². The second kappa shape index (κ2) is 4.79. The van der Waals surface area contributed by atoms with Gasteiger partial charge in [-0.3, -0.25) is 9.59 Å². The number of hydrogen-bond acceptors (Lipinski definition) is 2. The fourth-order valence-corrected chi connectivity index (χ4v) is 1.84. The Labute approximate surface area is 103 Å². The molecule has 94 valence electrons. The Kier molecular flexibility index (Phi) is 3.82. The number of terminal acetylenes is 1. The molecule has 0 saturated carbocycles. The van der Waals surface area contributed by atoms with Crippen LogP contribution in [0.5, 0.6) is 0 Å². The summed E-state index contributed by atoms with van der Waals surface area (Å²) in [7, 11) is 0. The Morgan fingerprint density at radius 2 is 2.18 bits per heavy atom. The van der Waals surface area contributed by atoms with Gasteiger partial charge in [0, 0.05) is 0 Å². The quantitative estimate of drug-likeness (QED) is 0.736. The Bertz CT molecular complexity index is 368. The van der Waals surface area contributed by atoms with Gasteiger partial charge in [0.25, 0.3) is 0 Å². The molecule has 0 bridgehead atoms. The van der Waals surface area contributed by atoms with Crippen LogP contribution in [0.2, 0.25) is 0 Å². The third kappa shape index (κ3) is 2.60. The van der Waals surface area contributed by atoms with Gasteiger partial charge in [0.15, 0.2) is 0 Å². The van der Waals surface area contributed by atoms with E-state index in [1.165, 1.54) is 4.90 Å². The molecular formula is C13H20N2O2. The highest BCUT2D eigenvalue weighted by Gasteiger charge is 2.41. The molecule has 1 aliphatic heterocycles. The van der Waals surface area contributed by atoms with E-state index < -0.39 is 11.6 Å². The van der Waals surface area contributed by atoms with Crippen LogP contribution < -0.4 is 5.32 Å². The van der Waals surface area contributed by atoms with Crippen LogP contribution in [-0.2, 0) is 9.59 Å². The monoisotopic (exact) mass is 236 g/mol. The number of nitrogens with zero attached hydrogens (tertiary/aromatic N) is 1. The highest BCUT2D eigenvalue weighted by molar-refractivity contribution is 5.95. The van der Waals surface area contributed by atoms with Crippen molar-refractivity contribution in [3.05, 3.63) is 0 Å². The van der Waals surface area contributed by atoms with Crippen LogP contribution in [0.4, 0.5) is 0 Å². The van der Waals surface area contributed by atoms with Crippen molar-refractivity contribution in [2.24, 2.45) is 5.92 Å². The van der Waals surface area contributed by atoms with Crippen LogP contribution in [0, 0.1) is 18.3 Å². The SMILES string of the molecule is C#CC(C)(C)N1CC(=O)NC(C(C)CC)C1=O. The maximum absolute atomic E-state index is 12.3. The van der Waals surface area contributed by atoms with E-state index in [1.54, 1.807) is 13.8 Å². The zero-order valence-corrected chi connectivity index (χ0v) is 10.9. The third-order valence-electron chi connectivity index (χ3n) is 3.39. The van der Waals surface area contributed by atoms with Crippen LogP contribution in [0.25, 0.3) is 0 Å². The van der Waals surface area contributed by atoms with E-state index in [2.05, 4.69) is 11.2 Å². The van der Waals surface area contributed by atoms with Crippen molar-refractivity contribution < 1.29 is 9.59 Å². The van der Waals surface area contributed by atoms with Crippen LogP contribution >= 0.6 is 0 Å². The highest BCUT2D eigenvalue weighted by Crippen LogP contribution is 2.21. The molecule has 2 atom stereocenters. The molecule has 0 aliphatic carbocycles. The molecule has 1 heterocycles. The average molecular weight is 236 g/mol. The summed E-state index contributed by atoms with van der Waals surface area (Å²) in [5.41, 5.74) is -0.722. The molecular weight excluding hydrogens is 216 g/mol. The molecule has 1 fully saturated rings. The van der Waals surface area contributed by atoms with Gasteiger partial charge in [0.05, 0.1) is 5.54 Å². The molecule has 0 aromatic carbocycles. The van der Waals surface area contributed by atoms with Gasteiger partial charge >= 0.3 is 0 Å². The fourth-order valence-electron chi connectivity index (χ4n) is 1.84. The molecule has 1 aliphatic rings. The average Bonchev–Trinajstić information content (AvgIpc) is 2.30. The zero-order valence-electron chi connectivity index (χ0n) is 10.9. The van der Waals surface area contributed by atoms with Gasteiger partial charge in [-0.1, -0.05) is 26.2 Å². The second-order valence-electron chi connectivity index (χ2n) is 5.06. The zero-order chi connectivity index (χ0) is 13.2. The van der Waals surface area contributed by atoms with E-state index >= 15 is 0 Å². The van der Waals surface area contributed by atoms with Gasteiger partial charge in [-0.25, -0.2) is 0 Å². The van der Waals surface area contributed by atoms with Crippen LogP contribution in [-0.4, -0.2) is 34.8 Å². The van der Waals surface area contributed by atoms with Gasteiger partial charge in [-0.2, -0.15) is 0 Å². The number of carbonyl (C=O) groups is 2. The van der Waals surface area contributed by atoms with Crippen molar-refractivity contribution in [3.63, 3.8) is 0 Å². The van der Waals surface area contributed by atoms with Gasteiger partial charge in [0.2, 0.25) is 11.8 Å². The van der Waals surface area contributed by atoms with Gasteiger partial charge in [-0.05, 0) is 19.8 Å². The molecule has 4 nitrogen and oxygen atoms in total. The summed E-state index contributed by atoms with van der Waals surface area (Å²) in [5.74, 6) is 2.46. The van der Waals surface area contributed by atoms with Crippen molar-refractivity contribution >= 4 is 11.8 Å². The predicted molar refractivity (Wildman–Crippen MR) is 66.0 cm³/mol. The highest BCUT2D eigenvalue weighted by atomic mass is 16.2. The molecule has 0 aromatic heterocycles. The van der Waals surface area contributed by atoms with Crippen LogP contribution in [0.1, 0.15) is 34.1 Å². The number of carbonyl (C=O) groups excluding carboxylic acids is 2. The van der Waals surface area contributed by atoms with E-state index in [9.17, 15) is 9.59 Å². The molecule has 1 N–H and O–H groups in total. The van der Waals surface area contributed by atoms with E-state index in [0.717, 1.165) is 6.42 Å². The Hall–Kier alpha value is -1.50. The molecule has 17 heavy (non-hydrogen) atoms. The lowest BCUT2D eigenvalue weighted by Crippen LogP contribution is -2.64. The first-order chi connectivity index (χ1) is 7.83. The molecule has 0 spiro atoms. The number of nitrogens with one attached hydrogen (secondary N) is 1. The molecule has 2 unspecified atom stereocenters. The summed E-state index contributed by atoms with van der Waals surface area (Å²) >= 11 is 0. The first kappa shape index (κ1) is 13.6. The second-order valence-corrected chi connectivity index (χ2v) is 5.06. The summed E-state index contributed by atoms with van der Waals surface area (Å²) in [6.07, 6.45) is 6.26. The minimum atomic E-state index is -0.722. The third-order valence-corrected chi connectivity index (χ3v) is 3.39. The standard InChI is InChI=1S/C13H20N2O2/c1-6-9(3)11-12(17)15(8-10(16)14-11)13(4,5)7-2/h2,9,11H,6,8H2,1,3-5H3,(H,14,16). The first-order valence-corrected chi connectivity index (χ1v) is 5.92. The van der Waals surface area contributed by atoms with Gasteiger partial charge < -0.3 is 10.2 Å². The first-order valence-electron chi connectivity index (χ1n) is 5.92. The fraction of sp³-hybridized carbons (Fsp3) is 0.692. The minimum Gasteiger partial charge on any atom is -0.342 e. The summed E-state index contributed by atoms with van der Waals surface area (Å²) in [5, 5.41) is 2.74. The molecule has 1 rings (SSSR count). The van der Waals surface area contributed by atoms with Crippen molar-refractivity contribution in [2.75, 3.05) is 6.54 Å². The lowest BCUT2D eigenvalue weighted by Gasteiger charge is -2.41. The topological polar surface area (TPSA) is 49.4 Å². The molecule has 4 heteroatoms. The molecule has 0 aromatic rings. The van der Waals surface area contributed by atoms with Gasteiger partial charge in [0.1, 0.15) is 12.6 Å². The number of hydrogen-bond donors (Lipinski definition) is 1. The lowest BCUT2D eigenvalue weighted by molar-refractivity contribution is -0.149. The molecule has 2 amide bonds. The van der Waals surface area contributed by atoms with Crippen molar-refractivity contribution in [1.82, 2.24) is 10.2 Å². The number of amides is 2. The number of rotatable bonds is 3. The summed E-state index contributed by atoms with van der Waals surface area (Å²) in [4.78, 5) is 25.4. The van der Waals surface area contributed by atoms with Gasteiger partial charge in [-0.15, -0.1) is 6.42 Å². The lowest BCUT2D eigenvalue weighted by atomic mass is 9.93. The maximum Gasteiger partial charge on any atom is 0.247 e. The van der Waals surface area contributed by atoms with E-state index in [-0.39, 0.29) is 24.3 Å². The Balaban J connectivity index is 2.99. The summed E-state index contributed by atoms with van der Waals surface area (Å²) < 4.78 is 0. The molecule has 0 radical (unpaired) electrons. The van der Waals surface area contributed by atoms with Crippen LogP contribution in [0.3, 0.4) is 0 Å². The van der Waals surface area contributed by atoms with Crippen LogP contribution in [0.15, 0.2) is 0 Å². The minimum absolute atomic E-state index is 0.0446. The largest absolute Gasteiger partial charge is 0.342 e. The molecule has 1 saturated heterocycles. The normalized spacial score (nSPS) is 23.0. The summed E-state index contributed by atoms with van der Waals surface area (Å²) in [6.45, 7) is 7.54.